The van der Waals surface area contributed by atoms with Gasteiger partial charge in [-0.25, -0.2) is 9.97 Å². The summed E-state index contributed by atoms with van der Waals surface area (Å²) in [5.41, 5.74) is 5.54. The Labute approximate surface area is 264 Å². The van der Waals surface area contributed by atoms with Gasteiger partial charge < -0.3 is 24.8 Å². The molecule has 0 fully saturated rings. The number of ether oxygens (including phenoxy) is 1. The molecular weight excluding hydrogens is 570 g/mol. The van der Waals surface area contributed by atoms with Crippen molar-refractivity contribution in [2.45, 2.75) is 52.7 Å². The number of methoxy groups -OCH3 is 1. The van der Waals surface area contributed by atoms with Gasteiger partial charge in [-0.05, 0) is 59.9 Å². The molecule has 0 radical (unpaired) electrons. The second-order valence-electron chi connectivity index (χ2n) is 10.9. The molecule has 2 heterocycles. The first-order chi connectivity index (χ1) is 21.3. The van der Waals surface area contributed by atoms with Gasteiger partial charge >= 0.3 is 0 Å². The van der Waals surface area contributed by atoms with Gasteiger partial charge in [0, 0.05) is 43.6 Å². The molecule has 228 valence electrons. The molecule has 2 aromatic heterocycles. The number of aromatic nitrogens is 3. The Balaban J connectivity index is 1.49. The van der Waals surface area contributed by atoms with Gasteiger partial charge in [-0.1, -0.05) is 56.7 Å². The summed E-state index contributed by atoms with van der Waals surface area (Å²) >= 11 is 5.92. The highest BCUT2D eigenvalue weighted by atomic mass is 32.1. The number of hydrogen-bond acceptors (Lipinski definition) is 6. The smallest absolute Gasteiger partial charge is 0.226 e. The maximum atomic E-state index is 13.5. The summed E-state index contributed by atoms with van der Waals surface area (Å²) in [7, 11) is 1.58. The van der Waals surface area contributed by atoms with E-state index in [0.29, 0.717) is 36.2 Å². The minimum absolute atomic E-state index is 0.0778. The number of thiocarbonyl (C=S) groups is 1. The molecule has 0 spiro atoms. The summed E-state index contributed by atoms with van der Waals surface area (Å²) in [6, 6.07) is 21.3. The molecule has 0 saturated carbocycles. The third-order valence-corrected chi connectivity index (χ3v) is 8.14. The largest absolute Gasteiger partial charge is 0.481 e. The van der Waals surface area contributed by atoms with Crippen LogP contribution in [0.5, 0.6) is 5.88 Å². The van der Waals surface area contributed by atoms with Crippen molar-refractivity contribution in [3.63, 3.8) is 0 Å². The number of amides is 1. The van der Waals surface area contributed by atoms with Gasteiger partial charge in [0.05, 0.1) is 43.4 Å². The van der Waals surface area contributed by atoms with E-state index in [0.717, 1.165) is 28.9 Å². The number of aryl methyl sites for hydroxylation is 1. The van der Waals surface area contributed by atoms with Gasteiger partial charge in [-0.3, -0.25) is 4.79 Å². The Morgan fingerprint density at radius 1 is 1.14 bits per heavy atom. The first-order valence-electron chi connectivity index (χ1n) is 14.7. The van der Waals surface area contributed by atoms with E-state index in [2.05, 4.69) is 64.5 Å². The van der Waals surface area contributed by atoms with Crippen molar-refractivity contribution in [1.29, 1.82) is 5.26 Å². The van der Waals surface area contributed by atoms with Crippen molar-refractivity contribution in [3.8, 4) is 11.9 Å². The predicted molar refractivity (Wildman–Crippen MR) is 176 cm³/mol. The Morgan fingerprint density at radius 3 is 2.57 bits per heavy atom. The lowest BCUT2D eigenvalue weighted by Gasteiger charge is -2.33. The minimum Gasteiger partial charge on any atom is -0.481 e. The summed E-state index contributed by atoms with van der Waals surface area (Å²) in [4.78, 5) is 24.2. The molecule has 4 aromatic rings. The third-order valence-electron chi connectivity index (χ3n) is 7.78. The first-order valence-corrected chi connectivity index (χ1v) is 15.1. The highest BCUT2D eigenvalue weighted by Gasteiger charge is 2.24. The second-order valence-corrected chi connectivity index (χ2v) is 11.3. The van der Waals surface area contributed by atoms with Crippen LogP contribution in [0.2, 0.25) is 0 Å². The third kappa shape index (κ3) is 8.88. The van der Waals surface area contributed by atoms with E-state index in [9.17, 15) is 4.79 Å². The van der Waals surface area contributed by atoms with Gasteiger partial charge in [0.25, 0.3) is 0 Å². The molecule has 0 saturated heterocycles. The molecule has 10 heteroatoms. The van der Waals surface area contributed by atoms with Gasteiger partial charge in [0.15, 0.2) is 5.11 Å². The Morgan fingerprint density at radius 2 is 1.91 bits per heavy atom. The minimum atomic E-state index is -0.153. The fourth-order valence-corrected chi connectivity index (χ4v) is 5.08. The van der Waals surface area contributed by atoms with Crippen LogP contribution in [-0.4, -0.2) is 50.2 Å². The molecule has 2 N–H and O–H groups in total. The number of nitrogens with one attached hydrogen (secondary N) is 2. The fourth-order valence-electron chi connectivity index (χ4n) is 4.82. The fraction of sp³-hybridized carbons (Fsp3) is 0.324. The molecule has 2 aromatic carbocycles. The second kappa shape index (κ2) is 15.6. The quantitative estimate of drug-likeness (QED) is 0.192. The van der Waals surface area contributed by atoms with Crippen LogP contribution in [0.15, 0.2) is 79.4 Å². The zero-order chi connectivity index (χ0) is 31.5. The van der Waals surface area contributed by atoms with E-state index in [-0.39, 0.29) is 24.3 Å². The molecule has 1 amide bonds. The van der Waals surface area contributed by atoms with Gasteiger partial charge in [0.1, 0.15) is 0 Å². The zero-order valence-corrected chi connectivity index (χ0v) is 26.5. The molecular formula is C34H39N7O2S. The number of carbonyl (C=O) groups excluding carboxylic acids is 1. The molecule has 0 aliphatic rings. The number of hydrogen-bond donors (Lipinski definition) is 2. The zero-order valence-electron chi connectivity index (χ0n) is 25.7. The van der Waals surface area contributed by atoms with Crippen molar-refractivity contribution >= 4 is 28.9 Å². The highest BCUT2D eigenvalue weighted by molar-refractivity contribution is 7.80. The Kier molecular flexibility index (Phi) is 11.4. The van der Waals surface area contributed by atoms with Gasteiger partial charge in [-0.2, -0.15) is 5.26 Å². The molecule has 0 aliphatic heterocycles. The molecule has 9 nitrogen and oxygen atoms in total. The summed E-state index contributed by atoms with van der Waals surface area (Å²) in [6.07, 6.45) is 6.23. The molecule has 44 heavy (non-hydrogen) atoms. The molecule has 0 bridgehead atoms. The maximum Gasteiger partial charge on any atom is 0.226 e. The first kappa shape index (κ1) is 32.2. The number of carbonyl (C=O) groups is 1. The van der Waals surface area contributed by atoms with E-state index in [4.69, 9.17) is 22.2 Å². The van der Waals surface area contributed by atoms with E-state index in [1.165, 1.54) is 5.56 Å². The van der Waals surface area contributed by atoms with Crippen LogP contribution in [0.4, 0.5) is 5.69 Å². The van der Waals surface area contributed by atoms with E-state index >= 15 is 0 Å². The number of nitriles is 1. The lowest BCUT2D eigenvalue weighted by molar-refractivity contribution is -0.121. The van der Waals surface area contributed by atoms with E-state index < -0.39 is 0 Å². The van der Waals surface area contributed by atoms with Crippen LogP contribution in [-0.2, 0) is 24.3 Å². The summed E-state index contributed by atoms with van der Waals surface area (Å²) in [5.74, 6) is 0.648. The molecule has 0 aliphatic carbocycles. The molecule has 2 atom stereocenters. The van der Waals surface area contributed by atoms with Crippen LogP contribution >= 0.6 is 12.2 Å². The van der Waals surface area contributed by atoms with Crippen LogP contribution in [0, 0.1) is 24.2 Å². The average Bonchev–Trinajstić information content (AvgIpc) is 3.47. The monoisotopic (exact) mass is 609 g/mol. The number of nitrogens with zero attached hydrogens (tertiary/aromatic N) is 5. The van der Waals surface area contributed by atoms with Gasteiger partial charge in [-0.15, -0.1) is 0 Å². The number of benzene rings is 2. The van der Waals surface area contributed by atoms with Crippen LogP contribution in [0.1, 0.15) is 48.2 Å². The standard InChI is InChI=1S/C34H39N7O2S/c1-5-24(2)31(39-32(42)16-30-19-36-23-41(30)20-27-12-10-26(17-35)11-13-27)22-40(21-28-9-7-6-8-25(28)3)34(44)38-29-14-15-33(43-4)37-18-29/h6-15,18-19,23-24,31H,5,16,20-22H2,1-4H3,(H,38,44)(H,39,42)/t24-,31+/m0/s1. The van der Waals surface area contributed by atoms with E-state index in [1.807, 2.05) is 34.9 Å². The average molecular weight is 610 g/mol. The number of rotatable bonds is 13. The highest BCUT2D eigenvalue weighted by Crippen LogP contribution is 2.18. The molecule has 0 unspecified atom stereocenters. The number of pyridine rings is 1. The summed E-state index contributed by atoms with van der Waals surface area (Å²) in [5, 5.41) is 16.2. The van der Waals surface area contributed by atoms with Crippen molar-refractivity contribution in [1.82, 2.24) is 24.8 Å². The SMILES string of the molecule is CC[C@H](C)[C@@H](CN(Cc1ccccc1C)C(=S)Nc1ccc(OC)nc1)NC(=O)Cc1cncn1Cc1ccc(C#N)cc1. The van der Waals surface area contributed by atoms with Crippen LogP contribution < -0.4 is 15.4 Å². The van der Waals surface area contributed by atoms with E-state index in [1.54, 1.807) is 44.0 Å². The number of imidazole rings is 1. The Bertz CT molecular complexity index is 1580. The lowest BCUT2D eigenvalue weighted by atomic mass is 9.98. The lowest BCUT2D eigenvalue weighted by Crippen LogP contribution is -2.50. The molecule has 4 rings (SSSR count). The van der Waals surface area contributed by atoms with Crippen molar-refractivity contribution < 1.29 is 9.53 Å². The number of anilines is 1. The maximum absolute atomic E-state index is 13.5. The summed E-state index contributed by atoms with van der Waals surface area (Å²) < 4.78 is 7.15. The van der Waals surface area contributed by atoms with Crippen molar-refractivity contribution in [2.75, 3.05) is 19.0 Å². The van der Waals surface area contributed by atoms with Crippen molar-refractivity contribution in [2.24, 2.45) is 5.92 Å². The van der Waals surface area contributed by atoms with Crippen LogP contribution in [0.25, 0.3) is 0 Å². The van der Waals surface area contributed by atoms with Crippen molar-refractivity contribution in [3.05, 3.63) is 107 Å². The van der Waals surface area contributed by atoms with Gasteiger partial charge in [0.2, 0.25) is 11.8 Å². The van der Waals surface area contributed by atoms with Crippen LogP contribution in [0.3, 0.4) is 0 Å². The predicted octanol–water partition coefficient (Wildman–Crippen LogP) is 5.49. The Hall–Kier alpha value is -4.75. The summed E-state index contributed by atoms with van der Waals surface area (Å²) in [6.45, 7) is 8.04. The normalized spacial score (nSPS) is 12.1. The topological polar surface area (TPSA) is 108 Å².